The molecule has 22 heavy (non-hydrogen) atoms. The van der Waals surface area contributed by atoms with Crippen LogP contribution in [0.15, 0.2) is 33.7 Å². The minimum atomic E-state index is -3.75. The van der Waals surface area contributed by atoms with Crippen molar-refractivity contribution in [1.82, 2.24) is 9.46 Å². The zero-order valence-electron chi connectivity index (χ0n) is 13.1. The van der Waals surface area contributed by atoms with Gasteiger partial charge in [0.05, 0.1) is 6.10 Å². The van der Waals surface area contributed by atoms with Crippen molar-refractivity contribution in [3.05, 3.63) is 46.8 Å². The minimum absolute atomic E-state index is 0.0462. The third-order valence-electron chi connectivity index (χ3n) is 3.53. The van der Waals surface area contributed by atoms with Gasteiger partial charge in [-0.25, -0.2) is 8.42 Å². The van der Waals surface area contributed by atoms with Crippen LogP contribution >= 0.6 is 0 Å². The van der Waals surface area contributed by atoms with Crippen molar-refractivity contribution in [2.24, 2.45) is 0 Å². The summed E-state index contributed by atoms with van der Waals surface area (Å²) in [7, 11) is -2.32. The van der Waals surface area contributed by atoms with Crippen LogP contribution < -0.4 is 0 Å². The first-order chi connectivity index (χ1) is 10.2. The lowest BCUT2D eigenvalue weighted by atomic mass is 10.1. The molecule has 0 aliphatic rings. The first-order valence-electron chi connectivity index (χ1n) is 6.87. The van der Waals surface area contributed by atoms with E-state index in [1.54, 1.807) is 26.0 Å². The van der Waals surface area contributed by atoms with Gasteiger partial charge in [-0.15, -0.1) is 0 Å². The Morgan fingerprint density at radius 3 is 2.32 bits per heavy atom. The van der Waals surface area contributed by atoms with Crippen molar-refractivity contribution < 1.29 is 18.0 Å². The number of aliphatic hydroxyl groups is 1. The zero-order chi connectivity index (χ0) is 16.5. The molecule has 0 saturated carbocycles. The topological polar surface area (TPSA) is 83.6 Å². The number of aromatic nitrogens is 1. The lowest BCUT2D eigenvalue weighted by molar-refractivity contribution is 0.155. The van der Waals surface area contributed by atoms with E-state index >= 15 is 0 Å². The molecule has 2 aromatic rings. The Morgan fingerprint density at radius 1 is 1.23 bits per heavy atom. The summed E-state index contributed by atoms with van der Waals surface area (Å²) in [5.41, 5.74) is 2.06. The van der Waals surface area contributed by atoms with E-state index in [2.05, 4.69) is 5.16 Å². The van der Waals surface area contributed by atoms with E-state index < -0.39 is 16.1 Å². The SMILES string of the molecule is Cc1ccc(C(O)CN(C)S(=O)(=O)c2c(C)noc2C)cc1. The molecule has 0 aliphatic heterocycles. The Bertz CT molecular complexity index is 731. The molecule has 0 saturated heterocycles. The number of nitrogens with zero attached hydrogens (tertiary/aromatic N) is 2. The summed E-state index contributed by atoms with van der Waals surface area (Å²) in [4.78, 5) is 0.0612. The van der Waals surface area contributed by atoms with Crippen molar-refractivity contribution >= 4 is 10.0 Å². The molecule has 6 nitrogen and oxygen atoms in total. The largest absolute Gasteiger partial charge is 0.387 e. The molecule has 0 aliphatic carbocycles. The molecule has 120 valence electrons. The summed E-state index contributed by atoms with van der Waals surface area (Å²) in [5.74, 6) is 0.245. The van der Waals surface area contributed by atoms with E-state index in [-0.39, 0.29) is 17.2 Å². The van der Waals surface area contributed by atoms with Crippen LogP contribution in [0.4, 0.5) is 0 Å². The van der Waals surface area contributed by atoms with Crippen LogP contribution in [0.5, 0.6) is 0 Å². The number of rotatable bonds is 5. The van der Waals surface area contributed by atoms with Crippen LogP contribution in [0.1, 0.15) is 28.7 Å². The number of sulfonamides is 1. The summed E-state index contributed by atoms with van der Waals surface area (Å²) < 4.78 is 31.2. The molecule has 1 aromatic carbocycles. The number of hydrogen-bond donors (Lipinski definition) is 1. The van der Waals surface area contributed by atoms with Crippen molar-refractivity contribution in [3.8, 4) is 0 Å². The molecule has 0 bridgehead atoms. The van der Waals surface area contributed by atoms with Crippen LogP contribution in [0.3, 0.4) is 0 Å². The third-order valence-corrected chi connectivity index (χ3v) is 5.60. The number of aliphatic hydroxyl groups excluding tert-OH is 1. The Balaban J connectivity index is 2.21. The van der Waals surface area contributed by atoms with E-state index in [0.29, 0.717) is 11.3 Å². The second-order valence-corrected chi connectivity index (χ2v) is 7.35. The molecule has 1 heterocycles. The predicted molar refractivity (Wildman–Crippen MR) is 81.9 cm³/mol. The highest BCUT2D eigenvalue weighted by Gasteiger charge is 2.29. The lowest BCUT2D eigenvalue weighted by Gasteiger charge is -2.20. The Kier molecular flexibility index (Phi) is 4.69. The molecular formula is C15H20N2O4S. The second kappa shape index (κ2) is 6.20. The normalized spacial score (nSPS) is 13.5. The molecule has 1 atom stereocenters. The lowest BCUT2D eigenvalue weighted by Crippen LogP contribution is -2.31. The fourth-order valence-corrected chi connectivity index (χ4v) is 3.69. The summed E-state index contributed by atoms with van der Waals surface area (Å²) in [6, 6.07) is 7.33. The van der Waals surface area contributed by atoms with Gasteiger partial charge in [-0.2, -0.15) is 4.31 Å². The quantitative estimate of drug-likeness (QED) is 0.909. The van der Waals surface area contributed by atoms with Crippen molar-refractivity contribution in [3.63, 3.8) is 0 Å². The van der Waals surface area contributed by atoms with Gasteiger partial charge in [0.2, 0.25) is 10.0 Å². The maximum atomic E-state index is 12.6. The molecule has 0 amide bonds. The third kappa shape index (κ3) is 3.21. The number of benzene rings is 1. The van der Waals surface area contributed by atoms with Gasteiger partial charge in [0, 0.05) is 13.6 Å². The van der Waals surface area contributed by atoms with Gasteiger partial charge >= 0.3 is 0 Å². The fraction of sp³-hybridized carbons (Fsp3) is 0.400. The Hall–Kier alpha value is -1.70. The van der Waals surface area contributed by atoms with Gasteiger partial charge in [0.1, 0.15) is 10.6 Å². The van der Waals surface area contributed by atoms with Crippen LogP contribution in [0.25, 0.3) is 0 Å². The molecular weight excluding hydrogens is 304 g/mol. The molecule has 0 fully saturated rings. The van der Waals surface area contributed by atoms with Gasteiger partial charge in [-0.3, -0.25) is 0 Å². The molecule has 1 unspecified atom stereocenters. The minimum Gasteiger partial charge on any atom is -0.387 e. The predicted octanol–water partition coefficient (Wildman–Crippen LogP) is 1.95. The highest BCUT2D eigenvalue weighted by molar-refractivity contribution is 7.89. The highest BCUT2D eigenvalue weighted by Crippen LogP contribution is 2.24. The van der Waals surface area contributed by atoms with Gasteiger partial charge < -0.3 is 9.63 Å². The maximum absolute atomic E-state index is 12.6. The Morgan fingerprint density at radius 2 is 1.82 bits per heavy atom. The maximum Gasteiger partial charge on any atom is 0.248 e. The molecule has 0 radical (unpaired) electrons. The van der Waals surface area contributed by atoms with Gasteiger partial charge in [-0.05, 0) is 26.3 Å². The average molecular weight is 324 g/mol. The van der Waals surface area contributed by atoms with Crippen LogP contribution in [0.2, 0.25) is 0 Å². The summed E-state index contributed by atoms with van der Waals surface area (Å²) in [5, 5.41) is 13.9. The zero-order valence-corrected chi connectivity index (χ0v) is 13.9. The fourth-order valence-electron chi connectivity index (χ4n) is 2.23. The van der Waals surface area contributed by atoms with Crippen LogP contribution in [-0.2, 0) is 10.0 Å². The highest BCUT2D eigenvalue weighted by atomic mass is 32.2. The van der Waals surface area contributed by atoms with Crippen molar-refractivity contribution in [2.45, 2.75) is 31.8 Å². The monoisotopic (exact) mass is 324 g/mol. The van der Waals surface area contributed by atoms with Gasteiger partial charge in [0.15, 0.2) is 5.76 Å². The van der Waals surface area contributed by atoms with E-state index in [1.807, 2.05) is 19.1 Å². The first kappa shape index (κ1) is 16.7. The van der Waals surface area contributed by atoms with Gasteiger partial charge in [0.25, 0.3) is 0 Å². The molecule has 2 rings (SSSR count). The average Bonchev–Trinajstić information content (AvgIpc) is 2.79. The van der Waals surface area contributed by atoms with E-state index in [9.17, 15) is 13.5 Å². The van der Waals surface area contributed by atoms with E-state index in [4.69, 9.17) is 4.52 Å². The second-order valence-electron chi connectivity index (χ2n) is 5.37. The number of aryl methyl sites for hydroxylation is 3. The molecule has 7 heteroatoms. The Labute approximate surface area is 130 Å². The number of likely N-dealkylation sites (N-methyl/N-ethyl adjacent to an activating group) is 1. The summed E-state index contributed by atoms with van der Waals surface area (Å²) in [6.45, 7) is 5.03. The van der Waals surface area contributed by atoms with E-state index in [1.165, 1.54) is 7.05 Å². The summed E-state index contributed by atoms with van der Waals surface area (Å²) >= 11 is 0. The standard InChI is InChI=1S/C15H20N2O4S/c1-10-5-7-13(8-6-10)14(18)9-17(4)22(19,20)15-11(2)16-21-12(15)3/h5-8,14,18H,9H2,1-4H3. The smallest absolute Gasteiger partial charge is 0.248 e. The van der Waals surface area contributed by atoms with Crippen LogP contribution in [0, 0.1) is 20.8 Å². The van der Waals surface area contributed by atoms with Crippen LogP contribution in [-0.4, -0.2) is 36.6 Å². The molecule has 0 spiro atoms. The van der Waals surface area contributed by atoms with E-state index in [0.717, 1.165) is 9.87 Å². The number of hydrogen-bond acceptors (Lipinski definition) is 5. The molecule has 1 N–H and O–H groups in total. The summed E-state index contributed by atoms with van der Waals surface area (Å²) in [6.07, 6.45) is -0.902. The first-order valence-corrected chi connectivity index (χ1v) is 8.31. The van der Waals surface area contributed by atoms with Crippen molar-refractivity contribution in [1.29, 1.82) is 0 Å². The van der Waals surface area contributed by atoms with Gasteiger partial charge in [-0.1, -0.05) is 35.0 Å². The van der Waals surface area contributed by atoms with Crippen molar-refractivity contribution in [2.75, 3.05) is 13.6 Å². The molecule has 1 aromatic heterocycles.